The third-order valence-corrected chi connectivity index (χ3v) is 5.30. The highest BCUT2D eigenvalue weighted by Crippen LogP contribution is 2.18. The summed E-state index contributed by atoms with van der Waals surface area (Å²) in [7, 11) is 0. The van der Waals surface area contributed by atoms with Crippen molar-refractivity contribution in [1.82, 2.24) is 15.1 Å². The maximum Gasteiger partial charge on any atom is 0.317 e. The van der Waals surface area contributed by atoms with E-state index >= 15 is 0 Å². The van der Waals surface area contributed by atoms with E-state index in [1.165, 1.54) is 19.3 Å². The van der Waals surface area contributed by atoms with Gasteiger partial charge in [-0.05, 0) is 31.4 Å². The second kappa shape index (κ2) is 8.92. The molecule has 6 heteroatoms. The largest absolute Gasteiger partial charge is 0.484 e. The number of aryl methyl sites for hydroxylation is 1. The molecule has 1 heterocycles. The fourth-order valence-electron chi connectivity index (χ4n) is 3.62. The van der Waals surface area contributed by atoms with Crippen LogP contribution in [0.3, 0.4) is 0 Å². The Kier molecular flexibility index (Phi) is 6.36. The van der Waals surface area contributed by atoms with E-state index in [-0.39, 0.29) is 18.5 Å². The molecule has 142 valence electrons. The molecule has 3 rings (SSSR count). The van der Waals surface area contributed by atoms with Gasteiger partial charge in [-0.2, -0.15) is 0 Å². The zero-order chi connectivity index (χ0) is 18.4. The van der Waals surface area contributed by atoms with E-state index in [2.05, 4.69) is 5.32 Å². The minimum atomic E-state index is -0.0272. The lowest BCUT2D eigenvalue weighted by atomic mass is 9.96. The van der Waals surface area contributed by atoms with E-state index < -0.39 is 0 Å². The van der Waals surface area contributed by atoms with Gasteiger partial charge >= 0.3 is 6.03 Å². The third-order valence-electron chi connectivity index (χ3n) is 5.30. The lowest BCUT2D eigenvalue weighted by Gasteiger charge is -2.36. The normalized spacial score (nSPS) is 18.5. The van der Waals surface area contributed by atoms with Crippen molar-refractivity contribution in [2.45, 2.75) is 45.1 Å². The Bertz CT molecular complexity index is 620. The van der Waals surface area contributed by atoms with Gasteiger partial charge in [-0.15, -0.1) is 0 Å². The number of hydrogen-bond donors (Lipinski definition) is 1. The topological polar surface area (TPSA) is 61.9 Å². The van der Waals surface area contributed by atoms with Gasteiger partial charge in [0, 0.05) is 32.2 Å². The number of hydrogen-bond acceptors (Lipinski definition) is 3. The summed E-state index contributed by atoms with van der Waals surface area (Å²) >= 11 is 0. The Labute approximate surface area is 155 Å². The zero-order valence-corrected chi connectivity index (χ0v) is 15.6. The van der Waals surface area contributed by atoms with Crippen LogP contribution in [0.4, 0.5) is 4.79 Å². The van der Waals surface area contributed by atoms with Gasteiger partial charge in [-0.1, -0.05) is 37.5 Å². The first-order valence-corrected chi connectivity index (χ1v) is 9.65. The number of carbonyl (C=O) groups is 2. The highest BCUT2D eigenvalue weighted by atomic mass is 16.5. The summed E-state index contributed by atoms with van der Waals surface area (Å²) in [6.45, 7) is 4.29. The SMILES string of the molecule is Cc1ccccc1OCC(=O)N1CCN(C(=O)NC2CCCCC2)CC1. The first-order valence-electron chi connectivity index (χ1n) is 9.65. The number of carbonyl (C=O) groups excluding carboxylic acids is 2. The molecule has 1 aromatic rings. The van der Waals surface area contributed by atoms with E-state index in [1.54, 1.807) is 4.90 Å². The van der Waals surface area contributed by atoms with Gasteiger partial charge in [0.25, 0.3) is 5.91 Å². The first-order chi connectivity index (χ1) is 12.6. The molecule has 0 unspecified atom stereocenters. The second-order valence-corrected chi connectivity index (χ2v) is 7.21. The van der Waals surface area contributed by atoms with Crippen LogP contribution in [0, 0.1) is 6.92 Å². The molecule has 1 aliphatic heterocycles. The van der Waals surface area contributed by atoms with Gasteiger partial charge in [0.2, 0.25) is 0 Å². The van der Waals surface area contributed by atoms with Crippen molar-refractivity contribution in [1.29, 1.82) is 0 Å². The van der Waals surface area contributed by atoms with E-state index in [0.717, 1.165) is 24.2 Å². The third kappa shape index (κ3) is 4.90. The van der Waals surface area contributed by atoms with Crippen molar-refractivity contribution in [2.24, 2.45) is 0 Å². The van der Waals surface area contributed by atoms with Crippen LogP contribution >= 0.6 is 0 Å². The molecule has 0 radical (unpaired) electrons. The summed E-state index contributed by atoms with van der Waals surface area (Å²) in [5.41, 5.74) is 1.02. The molecular weight excluding hydrogens is 330 g/mol. The molecule has 2 aliphatic rings. The van der Waals surface area contributed by atoms with Gasteiger partial charge in [-0.25, -0.2) is 4.79 Å². The number of rotatable bonds is 4. The van der Waals surface area contributed by atoms with Crippen molar-refractivity contribution < 1.29 is 14.3 Å². The van der Waals surface area contributed by atoms with Crippen molar-refractivity contribution in [3.05, 3.63) is 29.8 Å². The number of para-hydroxylation sites is 1. The second-order valence-electron chi connectivity index (χ2n) is 7.21. The van der Waals surface area contributed by atoms with Gasteiger partial charge in [0.05, 0.1) is 0 Å². The predicted molar refractivity (Wildman–Crippen MR) is 100 cm³/mol. The summed E-state index contributed by atoms with van der Waals surface area (Å²) in [5.74, 6) is 0.715. The molecule has 26 heavy (non-hydrogen) atoms. The standard InChI is InChI=1S/C20H29N3O3/c1-16-7-5-6-10-18(16)26-15-19(24)22-11-13-23(14-12-22)20(25)21-17-8-3-2-4-9-17/h5-7,10,17H,2-4,8-9,11-15H2,1H3,(H,21,25). The number of nitrogens with one attached hydrogen (secondary N) is 1. The van der Waals surface area contributed by atoms with Crippen LogP contribution in [-0.4, -0.2) is 60.6 Å². The minimum absolute atomic E-state index is 0.0140. The molecule has 1 N–H and O–H groups in total. The molecule has 1 aromatic carbocycles. The first kappa shape index (κ1) is 18.5. The molecule has 1 saturated carbocycles. The molecule has 1 saturated heterocycles. The maximum absolute atomic E-state index is 12.4. The Balaban J connectivity index is 1.40. The van der Waals surface area contributed by atoms with Crippen molar-refractivity contribution in [2.75, 3.05) is 32.8 Å². The van der Waals surface area contributed by atoms with Crippen molar-refractivity contribution in [3.8, 4) is 5.75 Å². The Morgan fingerprint density at radius 3 is 2.38 bits per heavy atom. The fourth-order valence-corrected chi connectivity index (χ4v) is 3.62. The molecule has 0 aromatic heterocycles. The molecule has 0 bridgehead atoms. The molecule has 6 nitrogen and oxygen atoms in total. The quantitative estimate of drug-likeness (QED) is 0.899. The Morgan fingerprint density at radius 2 is 1.69 bits per heavy atom. The Hall–Kier alpha value is -2.24. The average molecular weight is 359 g/mol. The zero-order valence-electron chi connectivity index (χ0n) is 15.6. The number of nitrogens with zero attached hydrogens (tertiary/aromatic N) is 2. The van der Waals surface area contributed by atoms with Crippen LogP contribution in [0.25, 0.3) is 0 Å². The summed E-state index contributed by atoms with van der Waals surface area (Å²) < 4.78 is 5.64. The lowest BCUT2D eigenvalue weighted by molar-refractivity contribution is -0.134. The molecular formula is C20H29N3O3. The van der Waals surface area contributed by atoms with E-state index in [9.17, 15) is 9.59 Å². The number of benzene rings is 1. The van der Waals surface area contributed by atoms with Crippen LogP contribution < -0.4 is 10.1 Å². The van der Waals surface area contributed by atoms with E-state index in [0.29, 0.717) is 32.2 Å². The minimum Gasteiger partial charge on any atom is -0.484 e. The van der Waals surface area contributed by atoms with Crippen LogP contribution in [0.15, 0.2) is 24.3 Å². The predicted octanol–water partition coefficient (Wildman–Crippen LogP) is 2.56. The molecule has 3 amide bonds. The molecule has 1 aliphatic carbocycles. The van der Waals surface area contributed by atoms with Crippen LogP contribution in [-0.2, 0) is 4.79 Å². The van der Waals surface area contributed by atoms with Crippen LogP contribution in [0.5, 0.6) is 5.75 Å². The highest BCUT2D eigenvalue weighted by molar-refractivity contribution is 5.79. The average Bonchev–Trinajstić information content (AvgIpc) is 2.68. The number of piperazine rings is 1. The number of urea groups is 1. The fraction of sp³-hybridized carbons (Fsp3) is 0.600. The maximum atomic E-state index is 12.4. The van der Waals surface area contributed by atoms with E-state index in [1.807, 2.05) is 36.1 Å². The monoisotopic (exact) mass is 359 g/mol. The molecule has 0 atom stereocenters. The smallest absolute Gasteiger partial charge is 0.317 e. The van der Waals surface area contributed by atoms with Crippen molar-refractivity contribution in [3.63, 3.8) is 0 Å². The lowest BCUT2D eigenvalue weighted by Crippen LogP contribution is -2.55. The van der Waals surface area contributed by atoms with E-state index in [4.69, 9.17) is 4.74 Å². The summed E-state index contributed by atoms with van der Waals surface area (Å²) in [5, 5.41) is 3.14. The highest BCUT2D eigenvalue weighted by Gasteiger charge is 2.26. The molecule has 0 spiro atoms. The van der Waals surface area contributed by atoms with Crippen LogP contribution in [0.1, 0.15) is 37.7 Å². The van der Waals surface area contributed by atoms with Gasteiger partial charge in [0.15, 0.2) is 6.61 Å². The molecule has 2 fully saturated rings. The van der Waals surface area contributed by atoms with Gasteiger partial charge in [-0.3, -0.25) is 4.79 Å². The Morgan fingerprint density at radius 1 is 1.04 bits per heavy atom. The summed E-state index contributed by atoms with van der Waals surface area (Å²) in [6, 6.07) is 8.01. The summed E-state index contributed by atoms with van der Waals surface area (Å²) in [6.07, 6.45) is 5.85. The number of ether oxygens (including phenoxy) is 1. The number of amides is 3. The van der Waals surface area contributed by atoms with Crippen LogP contribution in [0.2, 0.25) is 0 Å². The van der Waals surface area contributed by atoms with Gasteiger partial charge in [0.1, 0.15) is 5.75 Å². The van der Waals surface area contributed by atoms with Gasteiger partial charge < -0.3 is 19.9 Å². The van der Waals surface area contributed by atoms with Crippen molar-refractivity contribution >= 4 is 11.9 Å². The summed E-state index contributed by atoms with van der Waals surface area (Å²) in [4.78, 5) is 28.3.